The first-order valence-electron chi connectivity index (χ1n) is 16.3. The normalized spacial score (nSPS) is 14.2. The Labute approximate surface area is 327 Å². The number of carbonyl (C=O) groups is 4. The van der Waals surface area contributed by atoms with Crippen molar-refractivity contribution in [3.05, 3.63) is 36.1 Å². The molecular weight excluding hydrogens is 793 g/mol. The van der Waals surface area contributed by atoms with Gasteiger partial charge in [-0.3, -0.25) is 9.59 Å². The number of rotatable bonds is 6. The second kappa shape index (κ2) is 21.8. The number of methoxy groups -OCH3 is 2. The SMILES string of the molecule is COC(=O)c1sc(C#CC(C)(C)C)cc1Br.COC(=O)c1sc(C#CC(C)(C)C)cc1NCC(=O)N1CCSCC1.NCC(=O)N1CCSCC1. The molecule has 2 amide bonds. The largest absolute Gasteiger partial charge is 0.465 e. The lowest BCUT2D eigenvalue weighted by Crippen LogP contribution is -2.41. The first-order chi connectivity index (χ1) is 24.0. The maximum Gasteiger partial charge on any atom is 0.350 e. The van der Waals surface area contributed by atoms with Crippen molar-refractivity contribution < 1.29 is 28.7 Å². The zero-order valence-electron chi connectivity index (χ0n) is 30.7. The van der Waals surface area contributed by atoms with Crippen LogP contribution in [0.4, 0.5) is 5.69 Å². The number of halogens is 1. The highest BCUT2D eigenvalue weighted by atomic mass is 79.9. The fourth-order valence-electron chi connectivity index (χ4n) is 4.03. The van der Waals surface area contributed by atoms with Crippen LogP contribution in [0.25, 0.3) is 0 Å². The summed E-state index contributed by atoms with van der Waals surface area (Å²) in [4.78, 5) is 52.9. The molecule has 0 radical (unpaired) electrons. The number of nitrogens with one attached hydrogen (secondary N) is 1. The Bertz CT molecular complexity index is 1610. The van der Waals surface area contributed by atoms with Crippen LogP contribution in [0.5, 0.6) is 0 Å². The number of ether oxygens (including phenoxy) is 2. The first-order valence-corrected chi connectivity index (χ1v) is 21.0. The minimum Gasteiger partial charge on any atom is -0.465 e. The van der Waals surface area contributed by atoms with Gasteiger partial charge in [-0.05, 0) is 69.6 Å². The molecule has 3 N–H and O–H groups in total. The quantitative estimate of drug-likeness (QED) is 0.259. The summed E-state index contributed by atoms with van der Waals surface area (Å²) in [6.45, 7) is 15.9. The highest BCUT2D eigenvalue weighted by molar-refractivity contribution is 9.10. The average Bonchev–Trinajstić information content (AvgIpc) is 3.71. The molecule has 0 bridgehead atoms. The van der Waals surface area contributed by atoms with Gasteiger partial charge in [0, 0.05) is 64.5 Å². The van der Waals surface area contributed by atoms with Crippen molar-refractivity contribution in [3.63, 3.8) is 0 Å². The van der Waals surface area contributed by atoms with Crippen molar-refractivity contribution in [2.45, 2.75) is 41.5 Å². The van der Waals surface area contributed by atoms with E-state index in [4.69, 9.17) is 10.5 Å². The summed E-state index contributed by atoms with van der Waals surface area (Å²) in [6, 6.07) is 3.66. The van der Waals surface area contributed by atoms with Crippen molar-refractivity contribution in [2.75, 3.05) is 81.8 Å². The van der Waals surface area contributed by atoms with Gasteiger partial charge in [-0.1, -0.05) is 23.7 Å². The van der Waals surface area contributed by atoms with E-state index in [2.05, 4.69) is 49.7 Å². The molecule has 0 saturated carbocycles. The molecular formula is C36H49BrN4O6S4. The molecule has 280 valence electrons. The molecule has 10 nitrogen and oxygen atoms in total. The van der Waals surface area contributed by atoms with Crippen molar-refractivity contribution in [3.8, 4) is 23.7 Å². The number of hydrogen-bond donors (Lipinski definition) is 2. The van der Waals surface area contributed by atoms with E-state index < -0.39 is 5.97 Å². The molecule has 0 atom stereocenters. The lowest BCUT2D eigenvalue weighted by atomic mass is 9.98. The van der Waals surface area contributed by atoms with Gasteiger partial charge in [0.1, 0.15) is 9.75 Å². The highest BCUT2D eigenvalue weighted by Gasteiger charge is 2.21. The third kappa shape index (κ3) is 16.7. The molecule has 51 heavy (non-hydrogen) atoms. The minimum atomic E-state index is -0.418. The number of thiophene rings is 2. The number of carbonyl (C=O) groups excluding carboxylic acids is 4. The van der Waals surface area contributed by atoms with E-state index in [1.165, 1.54) is 36.9 Å². The Balaban J connectivity index is 0.000000295. The third-order valence-corrected chi connectivity index (χ3v) is 11.4. The maximum atomic E-state index is 12.3. The molecule has 0 aliphatic carbocycles. The summed E-state index contributed by atoms with van der Waals surface area (Å²) in [5.74, 6) is 15.9. The maximum absolute atomic E-state index is 12.3. The van der Waals surface area contributed by atoms with Crippen LogP contribution in [0.1, 0.15) is 70.6 Å². The number of esters is 2. The summed E-state index contributed by atoms with van der Waals surface area (Å²) in [5, 5.41) is 3.09. The summed E-state index contributed by atoms with van der Waals surface area (Å²) < 4.78 is 10.3. The summed E-state index contributed by atoms with van der Waals surface area (Å²) >= 11 is 9.69. The van der Waals surface area contributed by atoms with Crippen molar-refractivity contribution in [1.82, 2.24) is 9.80 Å². The smallest absolute Gasteiger partial charge is 0.350 e. The predicted molar refractivity (Wildman–Crippen MR) is 217 cm³/mol. The van der Waals surface area contributed by atoms with Gasteiger partial charge < -0.3 is 30.3 Å². The van der Waals surface area contributed by atoms with Crippen LogP contribution < -0.4 is 11.1 Å². The van der Waals surface area contributed by atoms with Crippen LogP contribution in [0.3, 0.4) is 0 Å². The summed E-state index contributed by atoms with van der Waals surface area (Å²) in [5.41, 5.74) is 5.65. The Kier molecular flexibility index (Phi) is 19.0. The van der Waals surface area contributed by atoms with Crippen molar-refractivity contribution >= 4 is 91.6 Å². The van der Waals surface area contributed by atoms with Crippen LogP contribution >= 0.6 is 62.1 Å². The van der Waals surface area contributed by atoms with Gasteiger partial charge >= 0.3 is 11.9 Å². The number of nitrogens with two attached hydrogens (primary N) is 1. The molecule has 2 saturated heterocycles. The molecule has 2 aliphatic rings. The van der Waals surface area contributed by atoms with Gasteiger partial charge in [0.05, 0.1) is 42.8 Å². The van der Waals surface area contributed by atoms with Gasteiger partial charge in [0.25, 0.3) is 0 Å². The number of thioether (sulfide) groups is 2. The lowest BCUT2D eigenvalue weighted by molar-refractivity contribution is -0.129. The molecule has 0 spiro atoms. The van der Waals surface area contributed by atoms with Crippen molar-refractivity contribution in [1.29, 1.82) is 0 Å². The third-order valence-electron chi connectivity index (χ3n) is 6.61. The Morgan fingerprint density at radius 1 is 0.765 bits per heavy atom. The number of amides is 2. The van der Waals surface area contributed by atoms with E-state index in [1.807, 2.05) is 87.0 Å². The minimum absolute atomic E-state index is 0.0398. The number of hydrogen-bond acceptors (Lipinski definition) is 12. The molecule has 15 heteroatoms. The summed E-state index contributed by atoms with van der Waals surface area (Å²) in [6.07, 6.45) is 0. The van der Waals surface area contributed by atoms with E-state index >= 15 is 0 Å². The summed E-state index contributed by atoms with van der Waals surface area (Å²) in [7, 11) is 2.72. The highest BCUT2D eigenvalue weighted by Crippen LogP contribution is 2.29. The van der Waals surface area contributed by atoms with E-state index in [9.17, 15) is 19.2 Å². The van der Waals surface area contributed by atoms with E-state index in [-0.39, 0.29) is 41.7 Å². The molecule has 4 heterocycles. The fraction of sp³-hybridized carbons (Fsp3) is 0.556. The van der Waals surface area contributed by atoms with Crippen LogP contribution in [-0.4, -0.2) is 110 Å². The lowest BCUT2D eigenvalue weighted by Gasteiger charge is -2.26. The molecule has 2 aromatic heterocycles. The Morgan fingerprint density at radius 3 is 1.65 bits per heavy atom. The van der Waals surface area contributed by atoms with Crippen LogP contribution in [-0.2, 0) is 19.1 Å². The van der Waals surface area contributed by atoms with Gasteiger partial charge in [-0.2, -0.15) is 23.5 Å². The van der Waals surface area contributed by atoms with Crippen molar-refractivity contribution in [2.24, 2.45) is 16.6 Å². The Hall–Kier alpha value is -2.66. The topological polar surface area (TPSA) is 131 Å². The second-order valence-electron chi connectivity index (χ2n) is 13.2. The standard InChI is InChI=1S/C18H24N2O3S2.C12H13BrO2S.C6H12N2OS/c1-18(2,3)6-5-13-11-14(16(25-13)17(22)23-4)19-12-15(21)20-7-9-24-10-8-20;1-12(2,3)6-5-8-7-9(13)10(16-8)11(14)15-4;7-5-6(9)8-1-3-10-4-2-8/h11,19H,7-10,12H2,1-4H3;7H,1-4H3;1-5,7H2. The molecule has 4 rings (SSSR count). The monoisotopic (exact) mass is 840 g/mol. The Morgan fingerprint density at radius 2 is 1.20 bits per heavy atom. The zero-order chi connectivity index (χ0) is 38.2. The van der Waals surface area contributed by atoms with Crippen LogP contribution in [0, 0.1) is 34.5 Å². The van der Waals surface area contributed by atoms with Gasteiger partial charge in [0.15, 0.2) is 0 Å². The number of anilines is 1. The molecule has 2 aliphatic heterocycles. The fourth-order valence-corrected chi connectivity index (χ4v) is 8.35. The van der Waals surface area contributed by atoms with Gasteiger partial charge in [0.2, 0.25) is 11.8 Å². The van der Waals surface area contributed by atoms with Crippen LogP contribution in [0.15, 0.2) is 16.6 Å². The van der Waals surface area contributed by atoms with Gasteiger partial charge in [-0.25, -0.2) is 9.59 Å². The first kappa shape index (κ1) is 44.5. The van der Waals surface area contributed by atoms with Gasteiger partial charge in [-0.15, -0.1) is 22.7 Å². The molecule has 2 fully saturated rings. The van der Waals surface area contributed by atoms with E-state index in [1.54, 1.807) is 0 Å². The average molecular weight is 842 g/mol. The van der Waals surface area contributed by atoms with Crippen LogP contribution in [0.2, 0.25) is 0 Å². The predicted octanol–water partition coefficient (Wildman–Crippen LogP) is 6.13. The second-order valence-corrected chi connectivity index (χ2v) is 18.6. The number of nitrogens with zero attached hydrogens (tertiary/aromatic N) is 2. The molecule has 2 aromatic rings. The molecule has 0 unspecified atom stereocenters. The molecule has 0 aromatic carbocycles. The van der Waals surface area contributed by atoms with E-state index in [0.29, 0.717) is 15.4 Å². The zero-order valence-corrected chi connectivity index (χ0v) is 35.5. The van der Waals surface area contributed by atoms with E-state index in [0.717, 1.165) is 63.4 Å².